The van der Waals surface area contributed by atoms with Gasteiger partial charge >= 0.3 is 5.97 Å². The number of sulfone groups is 1. The fraction of sp³-hybridized carbons (Fsp3) is 0.300. The molecular weight excluding hydrogens is 266 g/mol. The summed E-state index contributed by atoms with van der Waals surface area (Å²) in [6.07, 6.45) is 0. The summed E-state index contributed by atoms with van der Waals surface area (Å²) < 4.78 is 23.9. The van der Waals surface area contributed by atoms with Crippen LogP contribution in [-0.4, -0.2) is 38.3 Å². The Kier molecular flexibility index (Phi) is 2.79. The topological polar surface area (TPSA) is 74.7 Å². The second-order valence-corrected chi connectivity index (χ2v) is 6.24. The standard InChI is InChI=1S/C10H10ClNO4S/c1-12-7(10(13)14)5-17(15,16)8-4-2-3-6(11)9(8)12/h2-4,7H,5H2,1H3,(H,13,14). The van der Waals surface area contributed by atoms with Crippen molar-refractivity contribution in [3.05, 3.63) is 23.2 Å². The normalized spacial score (nSPS) is 22.0. The molecule has 17 heavy (non-hydrogen) atoms. The highest BCUT2D eigenvalue weighted by atomic mass is 35.5. The van der Waals surface area contributed by atoms with Crippen molar-refractivity contribution in [3.8, 4) is 0 Å². The number of halogens is 1. The minimum atomic E-state index is -3.60. The average molecular weight is 276 g/mol. The van der Waals surface area contributed by atoms with Crippen LogP contribution in [-0.2, 0) is 14.6 Å². The van der Waals surface area contributed by atoms with E-state index in [1.54, 1.807) is 0 Å². The zero-order chi connectivity index (χ0) is 12.8. The molecule has 92 valence electrons. The molecule has 0 amide bonds. The number of hydrogen-bond donors (Lipinski definition) is 1. The maximum atomic E-state index is 11.9. The molecule has 0 bridgehead atoms. The van der Waals surface area contributed by atoms with Crippen LogP contribution in [0.1, 0.15) is 0 Å². The number of likely N-dealkylation sites (N-methyl/N-ethyl adjacent to an activating group) is 1. The molecule has 1 aromatic rings. The van der Waals surface area contributed by atoms with Gasteiger partial charge in [0.2, 0.25) is 0 Å². The van der Waals surface area contributed by atoms with Crippen molar-refractivity contribution in [3.63, 3.8) is 0 Å². The second-order valence-electron chi connectivity index (χ2n) is 3.83. The SMILES string of the molecule is CN1c2c(Cl)cccc2S(=O)(=O)CC1C(=O)O. The first-order valence-electron chi connectivity index (χ1n) is 4.81. The summed E-state index contributed by atoms with van der Waals surface area (Å²) in [4.78, 5) is 12.5. The van der Waals surface area contributed by atoms with Gasteiger partial charge in [-0.2, -0.15) is 0 Å². The Labute approximate surface area is 104 Å². The Morgan fingerprint density at radius 1 is 1.53 bits per heavy atom. The van der Waals surface area contributed by atoms with Crippen molar-refractivity contribution >= 4 is 33.1 Å². The molecule has 0 aliphatic carbocycles. The molecule has 0 saturated heterocycles. The van der Waals surface area contributed by atoms with Crippen molar-refractivity contribution in [1.29, 1.82) is 0 Å². The van der Waals surface area contributed by atoms with E-state index >= 15 is 0 Å². The number of rotatable bonds is 1. The van der Waals surface area contributed by atoms with Crippen molar-refractivity contribution in [1.82, 2.24) is 0 Å². The van der Waals surface area contributed by atoms with E-state index in [1.165, 1.54) is 30.1 Å². The minimum absolute atomic E-state index is 0.0880. The smallest absolute Gasteiger partial charge is 0.327 e. The van der Waals surface area contributed by atoms with E-state index in [1.807, 2.05) is 0 Å². The van der Waals surface area contributed by atoms with E-state index in [4.69, 9.17) is 16.7 Å². The fourth-order valence-electron chi connectivity index (χ4n) is 1.89. The number of hydrogen-bond acceptors (Lipinski definition) is 4. The molecule has 2 rings (SSSR count). The third kappa shape index (κ3) is 1.87. The fourth-order valence-corrected chi connectivity index (χ4v) is 4.05. The van der Waals surface area contributed by atoms with E-state index in [2.05, 4.69) is 0 Å². The first-order chi connectivity index (χ1) is 7.84. The molecule has 7 heteroatoms. The first kappa shape index (κ1) is 12.2. The highest BCUT2D eigenvalue weighted by molar-refractivity contribution is 7.91. The second kappa shape index (κ2) is 3.89. The Bertz CT molecular complexity index is 584. The maximum Gasteiger partial charge on any atom is 0.327 e. The number of anilines is 1. The summed E-state index contributed by atoms with van der Waals surface area (Å²) in [6, 6.07) is 3.41. The molecule has 1 heterocycles. The Morgan fingerprint density at radius 3 is 2.76 bits per heavy atom. The number of fused-ring (bicyclic) bond motifs is 1. The number of nitrogens with zero attached hydrogens (tertiary/aromatic N) is 1. The van der Waals surface area contributed by atoms with Gasteiger partial charge in [-0.1, -0.05) is 17.7 Å². The third-order valence-corrected chi connectivity index (χ3v) is 4.83. The molecule has 0 spiro atoms. The van der Waals surface area contributed by atoms with Crippen LogP contribution in [0.3, 0.4) is 0 Å². The van der Waals surface area contributed by atoms with Crippen LogP contribution < -0.4 is 4.90 Å². The number of aliphatic carboxylic acids is 1. The number of carboxylic acids is 1. The van der Waals surface area contributed by atoms with E-state index < -0.39 is 27.6 Å². The van der Waals surface area contributed by atoms with E-state index in [9.17, 15) is 13.2 Å². The van der Waals surface area contributed by atoms with Gasteiger partial charge in [-0.3, -0.25) is 0 Å². The van der Waals surface area contributed by atoms with Crippen LogP contribution in [0, 0.1) is 0 Å². The summed E-state index contributed by atoms with van der Waals surface area (Å²) >= 11 is 5.94. The highest BCUT2D eigenvalue weighted by Gasteiger charge is 2.38. The van der Waals surface area contributed by atoms with Crippen LogP contribution in [0.25, 0.3) is 0 Å². The van der Waals surface area contributed by atoms with Crippen LogP contribution in [0.5, 0.6) is 0 Å². The van der Waals surface area contributed by atoms with Gasteiger partial charge in [-0.25, -0.2) is 13.2 Å². The van der Waals surface area contributed by atoms with Crippen LogP contribution >= 0.6 is 11.6 Å². The molecule has 1 aromatic carbocycles. The molecule has 1 aliphatic heterocycles. The van der Waals surface area contributed by atoms with Gasteiger partial charge in [0.25, 0.3) is 0 Å². The predicted octanol–water partition coefficient (Wildman–Crippen LogP) is 1.02. The molecule has 0 saturated carbocycles. The molecule has 0 aromatic heterocycles. The van der Waals surface area contributed by atoms with E-state index in [0.717, 1.165) is 0 Å². The first-order valence-corrected chi connectivity index (χ1v) is 6.84. The number of benzene rings is 1. The molecular formula is C10H10ClNO4S. The summed E-state index contributed by atoms with van der Waals surface area (Å²) in [5, 5.41) is 9.24. The molecule has 0 fully saturated rings. The van der Waals surface area contributed by atoms with Gasteiger partial charge in [0, 0.05) is 7.05 Å². The van der Waals surface area contributed by atoms with Gasteiger partial charge < -0.3 is 10.0 Å². The Hall–Kier alpha value is -1.27. The van der Waals surface area contributed by atoms with Crippen LogP contribution in [0.15, 0.2) is 23.1 Å². The highest BCUT2D eigenvalue weighted by Crippen LogP contribution is 2.37. The van der Waals surface area contributed by atoms with Gasteiger partial charge in [-0.15, -0.1) is 0 Å². The lowest BCUT2D eigenvalue weighted by Crippen LogP contribution is -2.47. The molecule has 1 atom stereocenters. The minimum Gasteiger partial charge on any atom is -0.480 e. The summed E-state index contributed by atoms with van der Waals surface area (Å²) in [5.74, 6) is -1.62. The molecule has 1 N–H and O–H groups in total. The summed E-state index contributed by atoms with van der Waals surface area (Å²) in [6.45, 7) is 0. The lowest BCUT2D eigenvalue weighted by atomic mass is 10.2. The number of para-hydroxylation sites is 1. The van der Waals surface area contributed by atoms with Crippen molar-refractivity contribution in [2.45, 2.75) is 10.9 Å². The monoisotopic (exact) mass is 275 g/mol. The van der Waals surface area contributed by atoms with E-state index in [0.29, 0.717) is 0 Å². The summed E-state index contributed by atoms with van der Waals surface area (Å²) in [5.41, 5.74) is 0.257. The molecule has 1 aliphatic rings. The largest absolute Gasteiger partial charge is 0.480 e. The summed E-state index contributed by atoms with van der Waals surface area (Å²) in [7, 11) is -2.07. The zero-order valence-corrected chi connectivity index (χ0v) is 10.5. The van der Waals surface area contributed by atoms with Crippen molar-refractivity contribution < 1.29 is 18.3 Å². The maximum absolute atomic E-state index is 11.9. The zero-order valence-electron chi connectivity index (χ0n) is 8.92. The number of carbonyl (C=O) groups is 1. The van der Waals surface area contributed by atoms with Gasteiger partial charge in [0.05, 0.1) is 21.4 Å². The lowest BCUT2D eigenvalue weighted by Gasteiger charge is -2.33. The van der Waals surface area contributed by atoms with Crippen LogP contribution in [0.2, 0.25) is 5.02 Å². The predicted molar refractivity (Wildman–Crippen MR) is 63.3 cm³/mol. The van der Waals surface area contributed by atoms with E-state index in [-0.39, 0.29) is 15.6 Å². The average Bonchev–Trinajstić information content (AvgIpc) is 2.23. The molecule has 5 nitrogen and oxygen atoms in total. The van der Waals surface area contributed by atoms with Crippen molar-refractivity contribution in [2.24, 2.45) is 0 Å². The van der Waals surface area contributed by atoms with Gasteiger partial charge in [0.15, 0.2) is 9.84 Å². The number of carboxylic acid groups (broad SMARTS) is 1. The molecule has 0 radical (unpaired) electrons. The van der Waals surface area contributed by atoms with Gasteiger partial charge in [-0.05, 0) is 12.1 Å². The molecule has 1 unspecified atom stereocenters. The van der Waals surface area contributed by atoms with Crippen LogP contribution in [0.4, 0.5) is 5.69 Å². The Balaban J connectivity index is 2.70. The lowest BCUT2D eigenvalue weighted by molar-refractivity contribution is -0.138. The third-order valence-electron chi connectivity index (χ3n) is 2.77. The Morgan fingerprint density at radius 2 is 2.18 bits per heavy atom. The van der Waals surface area contributed by atoms with Gasteiger partial charge in [0.1, 0.15) is 6.04 Å². The quantitative estimate of drug-likeness (QED) is 0.828. The van der Waals surface area contributed by atoms with Crippen molar-refractivity contribution in [2.75, 3.05) is 17.7 Å².